The van der Waals surface area contributed by atoms with Crippen molar-refractivity contribution < 1.29 is 8.78 Å². The third kappa shape index (κ3) is 5.83. The molecule has 0 bridgehead atoms. The van der Waals surface area contributed by atoms with E-state index in [4.69, 9.17) is 0 Å². The summed E-state index contributed by atoms with van der Waals surface area (Å²) in [5, 5.41) is 0. The average Bonchev–Trinajstić information content (AvgIpc) is 2.86. The van der Waals surface area contributed by atoms with E-state index in [0.29, 0.717) is 23.0 Å². The number of hydrogen-bond acceptors (Lipinski definition) is 0. The third-order valence-corrected chi connectivity index (χ3v) is 7.90. The van der Waals surface area contributed by atoms with Crippen molar-refractivity contribution in [1.82, 2.24) is 0 Å². The lowest BCUT2D eigenvalue weighted by Gasteiger charge is -2.29. The van der Waals surface area contributed by atoms with Crippen LogP contribution in [0.4, 0.5) is 8.78 Å². The monoisotopic (exact) mass is 448 g/mol. The highest BCUT2D eigenvalue weighted by Gasteiger charge is 2.23. The third-order valence-electron chi connectivity index (χ3n) is 7.90. The zero-order chi connectivity index (χ0) is 23.2. The zero-order valence-corrected chi connectivity index (χ0v) is 20.3. The molecule has 0 heterocycles. The van der Waals surface area contributed by atoms with Gasteiger partial charge in [-0.15, -0.1) is 0 Å². The molecule has 0 amide bonds. The second kappa shape index (κ2) is 11.3. The second-order valence-corrected chi connectivity index (χ2v) is 10.1. The molecular weight excluding hydrogens is 410 g/mol. The summed E-state index contributed by atoms with van der Waals surface area (Å²) in [6.07, 6.45) is 18.5. The molecule has 2 aliphatic carbocycles. The van der Waals surface area contributed by atoms with E-state index in [1.807, 2.05) is 0 Å². The fourth-order valence-corrected chi connectivity index (χ4v) is 5.72. The maximum atomic E-state index is 14.4. The molecule has 33 heavy (non-hydrogen) atoms. The molecular formula is C31H38F2. The van der Waals surface area contributed by atoms with Crippen molar-refractivity contribution in [3.05, 3.63) is 88.5 Å². The average molecular weight is 449 g/mol. The van der Waals surface area contributed by atoms with E-state index in [1.54, 1.807) is 19.1 Å². The topological polar surface area (TPSA) is 0 Å². The summed E-state index contributed by atoms with van der Waals surface area (Å²) in [5.74, 6) is 0.661. The van der Waals surface area contributed by atoms with Gasteiger partial charge in [-0.05, 0) is 111 Å². The van der Waals surface area contributed by atoms with Crippen LogP contribution in [0.25, 0.3) is 5.57 Å². The van der Waals surface area contributed by atoms with Crippen LogP contribution in [0.15, 0.2) is 54.6 Å². The molecule has 0 nitrogen and oxygen atoms in total. The van der Waals surface area contributed by atoms with Crippen molar-refractivity contribution in [2.75, 3.05) is 0 Å². The van der Waals surface area contributed by atoms with E-state index < -0.39 is 11.6 Å². The summed E-state index contributed by atoms with van der Waals surface area (Å²) < 4.78 is 28.4. The first kappa shape index (κ1) is 23.9. The Balaban J connectivity index is 1.32. The van der Waals surface area contributed by atoms with Crippen molar-refractivity contribution in [2.24, 2.45) is 5.92 Å². The van der Waals surface area contributed by atoms with E-state index in [1.165, 1.54) is 49.7 Å². The molecule has 0 saturated heterocycles. The minimum Gasteiger partial charge on any atom is -0.203 e. The lowest BCUT2D eigenvalue weighted by atomic mass is 9.76. The molecule has 0 N–H and O–H groups in total. The number of aryl methyl sites for hydroxylation is 1. The van der Waals surface area contributed by atoms with E-state index in [2.05, 4.69) is 49.4 Å². The van der Waals surface area contributed by atoms with Gasteiger partial charge in [-0.2, -0.15) is 0 Å². The molecule has 2 aromatic carbocycles. The van der Waals surface area contributed by atoms with Gasteiger partial charge in [0.2, 0.25) is 0 Å². The van der Waals surface area contributed by atoms with Crippen molar-refractivity contribution in [2.45, 2.75) is 89.9 Å². The quantitative estimate of drug-likeness (QED) is 0.370. The van der Waals surface area contributed by atoms with Crippen LogP contribution in [-0.2, 0) is 0 Å². The fourth-order valence-electron chi connectivity index (χ4n) is 5.72. The van der Waals surface area contributed by atoms with Crippen LogP contribution >= 0.6 is 0 Å². The Hall–Kier alpha value is -2.22. The van der Waals surface area contributed by atoms with Gasteiger partial charge in [-0.25, -0.2) is 8.78 Å². The molecule has 0 spiro atoms. The van der Waals surface area contributed by atoms with E-state index in [-0.39, 0.29) is 0 Å². The summed E-state index contributed by atoms with van der Waals surface area (Å²) in [7, 11) is 0. The first-order chi connectivity index (χ1) is 16.1. The maximum Gasteiger partial charge on any atom is 0.166 e. The van der Waals surface area contributed by atoms with E-state index in [0.717, 1.165) is 37.2 Å². The van der Waals surface area contributed by atoms with Gasteiger partial charge in [-0.3, -0.25) is 0 Å². The molecule has 0 aliphatic heterocycles. The van der Waals surface area contributed by atoms with Gasteiger partial charge in [0.05, 0.1) is 0 Å². The Labute approximate surface area is 198 Å². The number of benzene rings is 2. The van der Waals surface area contributed by atoms with Crippen molar-refractivity contribution in [3.8, 4) is 0 Å². The Morgan fingerprint density at radius 1 is 0.818 bits per heavy atom. The lowest BCUT2D eigenvalue weighted by molar-refractivity contribution is 0.312. The lowest BCUT2D eigenvalue weighted by Crippen LogP contribution is -2.13. The molecule has 0 aromatic heterocycles. The predicted molar refractivity (Wildman–Crippen MR) is 135 cm³/mol. The minimum absolute atomic E-state index is 0.364. The zero-order valence-electron chi connectivity index (χ0n) is 20.3. The SMILES string of the molecule is CCC=CCCC1CCC(c2ccc(C3CC=C(c4ccc(C)c(F)c4F)CC3)cc2)CC1. The van der Waals surface area contributed by atoms with Crippen LogP contribution in [0.3, 0.4) is 0 Å². The summed E-state index contributed by atoms with van der Waals surface area (Å²) in [4.78, 5) is 0. The molecule has 2 heteroatoms. The van der Waals surface area contributed by atoms with Gasteiger partial charge in [0.1, 0.15) is 0 Å². The van der Waals surface area contributed by atoms with Gasteiger partial charge >= 0.3 is 0 Å². The fraction of sp³-hybridized carbons (Fsp3) is 0.484. The smallest absolute Gasteiger partial charge is 0.166 e. The van der Waals surface area contributed by atoms with Crippen LogP contribution in [0.2, 0.25) is 0 Å². The molecule has 1 fully saturated rings. The molecule has 176 valence electrons. The molecule has 2 aromatic rings. The molecule has 2 aliphatic rings. The van der Waals surface area contributed by atoms with Gasteiger partial charge < -0.3 is 0 Å². The van der Waals surface area contributed by atoms with Crippen LogP contribution in [0.5, 0.6) is 0 Å². The number of rotatable bonds is 7. The molecule has 0 radical (unpaired) electrons. The Morgan fingerprint density at radius 3 is 2.15 bits per heavy atom. The van der Waals surface area contributed by atoms with Crippen molar-refractivity contribution in [1.29, 1.82) is 0 Å². The standard InChI is InChI=1S/C31H38F2/c1-3-4-5-6-7-23-9-11-24(12-10-23)25-13-15-26(16-14-25)27-17-19-28(20-18-27)29-21-8-22(2)30(32)31(29)33/h4-5,8,13-16,19,21,23-24,27H,3,6-7,9-12,17-18,20H2,1-2H3. The van der Waals surface area contributed by atoms with Gasteiger partial charge in [-0.1, -0.05) is 61.5 Å². The maximum absolute atomic E-state index is 14.4. The highest BCUT2D eigenvalue weighted by Crippen LogP contribution is 2.40. The first-order valence-corrected chi connectivity index (χ1v) is 13.0. The molecule has 4 rings (SSSR count). The van der Waals surface area contributed by atoms with Crippen LogP contribution in [-0.4, -0.2) is 0 Å². The normalized spacial score (nSPS) is 23.6. The van der Waals surface area contributed by atoms with E-state index in [9.17, 15) is 8.78 Å². The summed E-state index contributed by atoms with van der Waals surface area (Å²) >= 11 is 0. The van der Waals surface area contributed by atoms with Crippen molar-refractivity contribution >= 4 is 5.57 Å². The number of halogens is 2. The summed E-state index contributed by atoms with van der Waals surface area (Å²) in [6, 6.07) is 12.7. The molecule has 1 saturated carbocycles. The van der Waals surface area contributed by atoms with Gasteiger partial charge in [0, 0.05) is 5.56 Å². The number of allylic oxidation sites excluding steroid dienone is 4. The summed E-state index contributed by atoms with van der Waals surface area (Å²) in [5.41, 5.74) is 4.61. The van der Waals surface area contributed by atoms with Crippen LogP contribution < -0.4 is 0 Å². The Bertz CT molecular complexity index is 975. The van der Waals surface area contributed by atoms with Crippen LogP contribution in [0, 0.1) is 24.5 Å². The summed E-state index contributed by atoms with van der Waals surface area (Å²) in [6.45, 7) is 3.80. The minimum atomic E-state index is -0.714. The largest absolute Gasteiger partial charge is 0.203 e. The van der Waals surface area contributed by atoms with Gasteiger partial charge in [0.15, 0.2) is 11.6 Å². The van der Waals surface area contributed by atoms with E-state index >= 15 is 0 Å². The molecule has 1 atom stereocenters. The van der Waals surface area contributed by atoms with Gasteiger partial charge in [0.25, 0.3) is 0 Å². The highest BCUT2D eigenvalue weighted by atomic mass is 19.2. The van der Waals surface area contributed by atoms with Crippen molar-refractivity contribution in [3.63, 3.8) is 0 Å². The number of hydrogen-bond donors (Lipinski definition) is 0. The highest BCUT2D eigenvalue weighted by molar-refractivity contribution is 5.67. The first-order valence-electron chi connectivity index (χ1n) is 13.0. The van der Waals surface area contributed by atoms with Crippen LogP contribution in [0.1, 0.15) is 105 Å². The second-order valence-electron chi connectivity index (χ2n) is 10.1. The Morgan fingerprint density at radius 2 is 1.52 bits per heavy atom. The predicted octanol–water partition coefficient (Wildman–Crippen LogP) is 9.64. The molecule has 1 unspecified atom stereocenters. The Kier molecular flexibility index (Phi) is 8.17.